The molecule has 0 unspecified atom stereocenters. The van der Waals surface area contributed by atoms with Gasteiger partial charge in [-0.15, -0.1) is 0 Å². The average molecular weight is 636 g/mol. The number of benzene rings is 8. The van der Waals surface area contributed by atoms with Gasteiger partial charge in [-0.05, 0) is 84.3 Å². The molecule has 0 saturated carbocycles. The van der Waals surface area contributed by atoms with Crippen LogP contribution in [0.2, 0.25) is 0 Å². The SMILES string of the molecule is c1ccc(-c2cc(-c3ccc(-c4ccc5c(-c6ccccc6)c6ccccc6c(-c6ccccc6)c5c4)cc3)cc(-c3ccccc3)n2)cc1. The number of hydrogen-bond donors (Lipinski definition) is 0. The Hall–Kier alpha value is -6.57. The highest BCUT2D eigenvalue weighted by molar-refractivity contribution is 6.22. The van der Waals surface area contributed by atoms with Crippen LogP contribution in [0.15, 0.2) is 200 Å². The van der Waals surface area contributed by atoms with E-state index < -0.39 is 0 Å². The summed E-state index contributed by atoms with van der Waals surface area (Å²) in [7, 11) is 0. The maximum Gasteiger partial charge on any atom is 0.0715 e. The van der Waals surface area contributed by atoms with E-state index in [1.165, 1.54) is 54.9 Å². The van der Waals surface area contributed by atoms with Crippen molar-refractivity contribution in [2.45, 2.75) is 0 Å². The quantitative estimate of drug-likeness (QED) is 0.166. The van der Waals surface area contributed by atoms with E-state index in [0.29, 0.717) is 0 Å². The predicted molar refractivity (Wildman–Crippen MR) is 212 cm³/mol. The van der Waals surface area contributed by atoms with Gasteiger partial charge in [0.2, 0.25) is 0 Å². The van der Waals surface area contributed by atoms with Gasteiger partial charge in [0.05, 0.1) is 11.4 Å². The summed E-state index contributed by atoms with van der Waals surface area (Å²) in [5, 5.41) is 5.04. The van der Waals surface area contributed by atoms with Crippen molar-refractivity contribution in [2.24, 2.45) is 0 Å². The first kappa shape index (κ1) is 29.6. The molecule has 0 radical (unpaired) electrons. The lowest BCUT2D eigenvalue weighted by Crippen LogP contribution is -1.92. The van der Waals surface area contributed by atoms with Gasteiger partial charge in [-0.3, -0.25) is 0 Å². The van der Waals surface area contributed by atoms with E-state index in [1.807, 2.05) is 12.1 Å². The second-order valence-electron chi connectivity index (χ2n) is 12.7. The van der Waals surface area contributed by atoms with Crippen molar-refractivity contribution in [3.63, 3.8) is 0 Å². The van der Waals surface area contributed by atoms with E-state index in [0.717, 1.165) is 33.6 Å². The summed E-state index contributed by atoms with van der Waals surface area (Å²) >= 11 is 0. The van der Waals surface area contributed by atoms with Crippen LogP contribution >= 0.6 is 0 Å². The van der Waals surface area contributed by atoms with Crippen molar-refractivity contribution < 1.29 is 0 Å². The van der Waals surface area contributed by atoms with Crippen LogP contribution < -0.4 is 0 Å². The van der Waals surface area contributed by atoms with E-state index in [9.17, 15) is 0 Å². The number of pyridine rings is 1. The zero-order valence-electron chi connectivity index (χ0n) is 27.5. The van der Waals surface area contributed by atoms with E-state index in [-0.39, 0.29) is 0 Å². The molecule has 234 valence electrons. The first-order valence-corrected chi connectivity index (χ1v) is 17.1. The van der Waals surface area contributed by atoms with Gasteiger partial charge in [-0.25, -0.2) is 4.98 Å². The van der Waals surface area contributed by atoms with Crippen molar-refractivity contribution in [2.75, 3.05) is 0 Å². The minimum absolute atomic E-state index is 0.968. The van der Waals surface area contributed by atoms with Gasteiger partial charge in [0, 0.05) is 11.1 Å². The molecule has 0 fully saturated rings. The molecular weight excluding hydrogens is 603 g/mol. The summed E-state index contributed by atoms with van der Waals surface area (Å²) in [6.45, 7) is 0. The minimum Gasteiger partial charge on any atom is -0.248 e. The lowest BCUT2D eigenvalue weighted by atomic mass is 9.85. The molecular formula is C49H33N. The van der Waals surface area contributed by atoms with Crippen LogP contribution in [0.4, 0.5) is 0 Å². The van der Waals surface area contributed by atoms with E-state index >= 15 is 0 Å². The first-order chi connectivity index (χ1) is 24.8. The normalized spacial score (nSPS) is 11.2. The Labute approximate surface area is 292 Å². The van der Waals surface area contributed by atoms with Crippen LogP contribution in [-0.2, 0) is 0 Å². The molecule has 0 N–H and O–H groups in total. The van der Waals surface area contributed by atoms with E-state index in [4.69, 9.17) is 4.98 Å². The van der Waals surface area contributed by atoms with Crippen LogP contribution in [0.1, 0.15) is 0 Å². The molecule has 0 aliphatic carbocycles. The highest BCUT2D eigenvalue weighted by Gasteiger charge is 2.17. The molecule has 9 rings (SSSR count). The molecule has 0 aliphatic heterocycles. The molecule has 0 saturated heterocycles. The van der Waals surface area contributed by atoms with Crippen molar-refractivity contribution in [3.8, 4) is 67.0 Å². The third-order valence-corrected chi connectivity index (χ3v) is 9.66. The summed E-state index contributed by atoms with van der Waals surface area (Å²) in [6, 6.07) is 71.7. The fourth-order valence-corrected chi connectivity index (χ4v) is 7.26. The van der Waals surface area contributed by atoms with Gasteiger partial charge in [0.15, 0.2) is 0 Å². The molecule has 0 aliphatic rings. The molecule has 1 heterocycles. The molecule has 1 heteroatoms. The van der Waals surface area contributed by atoms with Gasteiger partial charge in [0.1, 0.15) is 0 Å². The highest BCUT2D eigenvalue weighted by Crippen LogP contribution is 2.45. The number of rotatable bonds is 6. The summed E-state index contributed by atoms with van der Waals surface area (Å²) < 4.78 is 0. The summed E-state index contributed by atoms with van der Waals surface area (Å²) in [6.07, 6.45) is 0. The largest absolute Gasteiger partial charge is 0.248 e. The van der Waals surface area contributed by atoms with Gasteiger partial charge >= 0.3 is 0 Å². The van der Waals surface area contributed by atoms with Gasteiger partial charge in [0.25, 0.3) is 0 Å². The predicted octanol–water partition coefficient (Wildman–Crippen LogP) is 13.4. The molecule has 1 nitrogen and oxygen atoms in total. The van der Waals surface area contributed by atoms with Gasteiger partial charge < -0.3 is 0 Å². The Balaban J connectivity index is 1.19. The number of nitrogens with zero attached hydrogens (tertiary/aromatic N) is 1. The molecule has 0 atom stereocenters. The molecule has 9 aromatic rings. The number of fused-ring (bicyclic) bond motifs is 2. The minimum atomic E-state index is 0.968. The fraction of sp³-hybridized carbons (Fsp3) is 0. The van der Waals surface area contributed by atoms with Crippen molar-refractivity contribution in [3.05, 3.63) is 200 Å². The van der Waals surface area contributed by atoms with E-state index in [2.05, 4.69) is 188 Å². The maximum atomic E-state index is 5.08. The van der Waals surface area contributed by atoms with Crippen LogP contribution in [-0.4, -0.2) is 4.98 Å². The third-order valence-electron chi connectivity index (χ3n) is 9.66. The van der Waals surface area contributed by atoms with Crippen LogP contribution in [0.3, 0.4) is 0 Å². The Kier molecular flexibility index (Phi) is 7.57. The van der Waals surface area contributed by atoms with Gasteiger partial charge in [-0.2, -0.15) is 0 Å². The standard InChI is InChI=1S/C49H33N/c1-5-15-36(16-6-1)46-32-41(33-47(50-46)37-17-7-2-8-18-37)35-27-25-34(26-28-35)40-29-30-44-45(31-40)49(39-21-11-4-12-22-39)43-24-14-13-23-42(43)48(44)38-19-9-3-10-20-38/h1-33H. The number of aromatic nitrogens is 1. The highest BCUT2D eigenvalue weighted by atomic mass is 14.7. The Morgan fingerprint density at radius 1 is 0.220 bits per heavy atom. The smallest absolute Gasteiger partial charge is 0.0715 e. The fourth-order valence-electron chi connectivity index (χ4n) is 7.26. The summed E-state index contributed by atoms with van der Waals surface area (Å²) in [5.41, 5.74) is 13.8. The van der Waals surface area contributed by atoms with Crippen LogP contribution in [0.25, 0.3) is 88.6 Å². The third kappa shape index (κ3) is 5.45. The molecule has 0 bridgehead atoms. The summed E-state index contributed by atoms with van der Waals surface area (Å²) in [4.78, 5) is 5.08. The topological polar surface area (TPSA) is 12.9 Å². The van der Waals surface area contributed by atoms with E-state index in [1.54, 1.807) is 0 Å². The second kappa shape index (κ2) is 12.8. The zero-order chi connectivity index (χ0) is 33.3. The van der Waals surface area contributed by atoms with Crippen LogP contribution in [0.5, 0.6) is 0 Å². The monoisotopic (exact) mass is 635 g/mol. The maximum absolute atomic E-state index is 5.08. The molecule has 0 spiro atoms. The first-order valence-electron chi connectivity index (χ1n) is 17.1. The second-order valence-corrected chi connectivity index (χ2v) is 12.7. The average Bonchev–Trinajstić information content (AvgIpc) is 3.21. The molecule has 8 aromatic carbocycles. The zero-order valence-corrected chi connectivity index (χ0v) is 27.5. The Morgan fingerprint density at radius 3 is 1.06 bits per heavy atom. The molecule has 0 amide bonds. The lowest BCUT2D eigenvalue weighted by molar-refractivity contribution is 1.32. The molecule has 50 heavy (non-hydrogen) atoms. The number of hydrogen-bond acceptors (Lipinski definition) is 1. The summed E-state index contributed by atoms with van der Waals surface area (Å²) in [5.74, 6) is 0. The van der Waals surface area contributed by atoms with Crippen molar-refractivity contribution in [1.29, 1.82) is 0 Å². The van der Waals surface area contributed by atoms with Crippen molar-refractivity contribution >= 4 is 21.5 Å². The van der Waals surface area contributed by atoms with Crippen LogP contribution in [0, 0.1) is 0 Å². The Morgan fingerprint density at radius 2 is 0.580 bits per heavy atom. The lowest BCUT2D eigenvalue weighted by Gasteiger charge is -2.18. The van der Waals surface area contributed by atoms with Crippen molar-refractivity contribution in [1.82, 2.24) is 4.98 Å². The Bertz CT molecular complexity index is 2530. The molecule has 1 aromatic heterocycles. The van der Waals surface area contributed by atoms with Gasteiger partial charge in [-0.1, -0.05) is 182 Å².